The van der Waals surface area contributed by atoms with E-state index in [-0.39, 0.29) is 11.5 Å². The Morgan fingerprint density at radius 2 is 1.65 bits per heavy atom. The largest absolute Gasteiger partial charge is 0.233 e. The van der Waals surface area contributed by atoms with Gasteiger partial charge >= 0.3 is 0 Å². The van der Waals surface area contributed by atoms with Gasteiger partial charge in [-0.05, 0) is 26.7 Å². The Kier molecular flexibility index (Phi) is 7.25. The lowest BCUT2D eigenvalue weighted by Crippen LogP contribution is -2.32. The predicted molar refractivity (Wildman–Crippen MR) is 83.5 cm³/mol. The highest BCUT2D eigenvalue weighted by molar-refractivity contribution is 5.05. The molecule has 20 heavy (non-hydrogen) atoms. The molecular formula is C17H31FN2. The molecule has 0 N–H and O–H groups in total. The van der Waals surface area contributed by atoms with Gasteiger partial charge in [0.2, 0.25) is 5.95 Å². The van der Waals surface area contributed by atoms with E-state index in [1.54, 1.807) is 17.8 Å². The van der Waals surface area contributed by atoms with Gasteiger partial charge in [0.25, 0.3) is 0 Å². The van der Waals surface area contributed by atoms with E-state index >= 15 is 0 Å². The molecule has 1 rings (SSSR count). The summed E-state index contributed by atoms with van der Waals surface area (Å²) in [6, 6.07) is 0. The molecule has 0 saturated carbocycles. The van der Waals surface area contributed by atoms with Crippen molar-refractivity contribution in [1.82, 2.24) is 9.78 Å². The van der Waals surface area contributed by atoms with Gasteiger partial charge in [0.15, 0.2) is 0 Å². The minimum Gasteiger partial charge on any atom is -0.233 e. The van der Waals surface area contributed by atoms with E-state index in [1.807, 2.05) is 0 Å². The van der Waals surface area contributed by atoms with Gasteiger partial charge < -0.3 is 0 Å². The average molecular weight is 282 g/mol. The molecule has 0 bridgehead atoms. The molecule has 0 radical (unpaired) electrons. The Bertz CT molecular complexity index is 386. The molecule has 1 atom stereocenters. The van der Waals surface area contributed by atoms with Gasteiger partial charge in [-0.3, -0.25) is 0 Å². The third-order valence-corrected chi connectivity index (χ3v) is 4.28. The second-order valence-corrected chi connectivity index (χ2v) is 6.29. The summed E-state index contributed by atoms with van der Waals surface area (Å²) in [7, 11) is 0. The van der Waals surface area contributed by atoms with Crippen LogP contribution >= 0.6 is 0 Å². The summed E-state index contributed by atoms with van der Waals surface area (Å²) in [6.45, 7) is 8.37. The molecule has 0 aromatic carbocycles. The fraction of sp³-hybridized carbons (Fsp3) is 0.824. The van der Waals surface area contributed by atoms with Crippen LogP contribution < -0.4 is 0 Å². The smallest absolute Gasteiger partial charge is 0.214 e. The van der Waals surface area contributed by atoms with E-state index in [0.717, 1.165) is 25.7 Å². The van der Waals surface area contributed by atoms with Crippen LogP contribution in [0.3, 0.4) is 0 Å². The molecule has 0 amide bonds. The third kappa shape index (κ3) is 4.60. The van der Waals surface area contributed by atoms with Gasteiger partial charge in [-0.25, -0.2) is 4.68 Å². The first-order chi connectivity index (χ1) is 9.55. The van der Waals surface area contributed by atoms with Crippen molar-refractivity contribution < 1.29 is 4.39 Å². The summed E-state index contributed by atoms with van der Waals surface area (Å²) in [5, 5.41) is 4.30. The van der Waals surface area contributed by atoms with Crippen molar-refractivity contribution in [3.63, 3.8) is 0 Å². The number of hydrogen-bond donors (Lipinski definition) is 0. The van der Waals surface area contributed by atoms with E-state index in [2.05, 4.69) is 25.9 Å². The van der Waals surface area contributed by atoms with Gasteiger partial charge in [-0.1, -0.05) is 58.8 Å². The number of halogens is 1. The van der Waals surface area contributed by atoms with E-state index in [1.165, 1.54) is 32.1 Å². The number of aromatic nitrogens is 2. The van der Waals surface area contributed by atoms with Gasteiger partial charge in [0, 0.05) is 5.56 Å². The second kappa shape index (κ2) is 8.43. The molecule has 3 heteroatoms. The predicted octanol–water partition coefficient (Wildman–Crippen LogP) is 5.60. The van der Waals surface area contributed by atoms with Crippen LogP contribution in [-0.2, 0) is 5.54 Å². The molecule has 0 aliphatic carbocycles. The minimum absolute atomic E-state index is 0.155. The monoisotopic (exact) mass is 282 g/mol. The minimum atomic E-state index is -0.166. The van der Waals surface area contributed by atoms with Gasteiger partial charge in [0.1, 0.15) is 0 Å². The van der Waals surface area contributed by atoms with Crippen molar-refractivity contribution >= 4 is 0 Å². The molecule has 0 aliphatic heterocycles. The lowest BCUT2D eigenvalue weighted by atomic mass is 9.88. The molecule has 1 heterocycles. The third-order valence-electron chi connectivity index (χ3n) is 4.28. The van der Waals surface area contributed by atoms with Crippen LogP contribution in [0.1, 0.15) is 84.1 Å². The van der Waals surface area contributed by atoms with Crippen LogP contribution in [0.2, 0.25) is 0 Å². The number of aryl methyl sites for hydroxylation is 1. The van der Waals surface area contributed by atoms with Gasteiger partial charge in [-0.2, -0.15) is 9.49 Å². The molecule has 1 aromatic heterocycles. The number of rotatable bonds is 10. The van der Waals surface area contributed by atoms with Crippen LogP contribution in [0, 0.1) is 12.9 Å². The van der Waals surface area contributed by atoms with E-state index < -0.39 is 0 Å². The van der Waals surface area contributed by atoms with Crippen molar-refractivity contribution in [2.24, 2.45) is 0 Å². The second-order valence-electron chi connectivity index (χ2n) is 6.29. The zero-order valence-corrected chi connectivity index (χ0v) is 13.7. The van der Waals surface area contributed by atoms with Gasteiger partial charge in [0.05, 0.1) is 11.7 Å². The zero-order valence-electron chi connectivity index (χ0n) is 13.7. The summed E-state index contributed by atoms with van der Waals surface area (Å²) >= 11 is 0. The maximum absolute atomic E-state index is 14.2. The number of hydrogen-bond acceptors (Lipinski definition) is 1. The SMILES string of the molecule is CCCCCCCC(C)(CCCC)n1ncc(C)c1F. The van der Waals surface area contributed by atoms with Crippen LogP contribution in [-0.4, -0.2) is 9.78 Å². The first-order valence-corrected chi connectivity index (χ1v) is 8.25. The maximum Gasteiger partial charge on any atom is 0.214 e. The van der Waals surface area contributed by atoms with Crippen molar-refractivity contribution in [2.75, 3.05) is 0 Å². The maximum atomic E-state index is 14.2. The summed E-state index contributed by atoms with van der Waals surface area (Å²) in [4.78, 5) is 0. The van der Waals surface area contributed by atoms with Gasteiger partial charge in [-0.15, -0.1) is 0 Å². The summed E-state index contributed by atoms with van der Waals surface area (Å²) in [5.41, 5.74) is 0.485. The zero-order chi connectivity index (χ0) is 15.0. The summed E-state index contributed by atoms with van der Waals surface area (Å²) in [6.07, 6.45) is 12.2. The van der Waals surface area contributed by atoms with Crippen molar-refractivity contribution in [3.05, 3.63) is 17.7 Å². The van der Waals surface area contributed by atoms with Crippen LogP contribution in [0.5, 0.6) is 0 Å². The quantitative estimate of drug-likeness (QED) is 0.511. The summed E-state index contributed by atoms with van der Waals surface area (Å²) in [5.74, 6) is -0.155. The average Bonchev–Trinajstić information content (AvgIpc) is 2.77. The normalized spacial score (nSPS) is 14.4. The highest BCUT2D eigenvalue weighted by Crippen LogP contribution is 2.31. The molecule has 1 unspecified atom stereocenters. The fourth-order valence-corrected chi connectivity index (χ4v) is 2.80. The highest BCUT2D eigenvalue weighted by Gasteiger charge is 2.29. The van der Waals surface area contributed by atoms with Crippen molar-refractivity contribution in [1.29, 1.82) is 0 Å². The number of nitrogens with zero attached hydrogens (tertiary/aromatic N) is 2. The molecule has 0 fully saturated rings. The van der Waals surface area contributed by atoms with Crippen LogP contribution in [0.15, 0.2) is 6.20 Å². The Morgan fingerprint density at radius 1 is 1.05 bits per heavy atom. The van der Waals surface area contributed by atoms with Crippen molar-refractivity contribution in [3.8, 4) is 0 Å². The van der Waals surface area contributed by atoms with Crippen LogP contribution in [0.4, 0.5) is 4.39 Å². The van der Waals surface area contributed by atoms with E-state index in [9.17, 15) is 4.39 Å². The molecule has 0 saturated heterocycles. The molecule has 116 valence electrons. The first-order valence-electron chi connectivity index (χ1n) is 8.25. The van der Waals surface area contributed by atoms with E-state index in [4.69, 9.17) is 0 Å². The Balaban J connectivity index is 2.68. The lowest BCUT2D eigenvalue weighted by Gasteiger charge is -2.30. The molecular weight excluding hydrogens is 251 g/mol. The Hall–Kier alpha value is -0.860. The fourth-order valence-electron chi connectivity index (χ4n) is 2.80. The molecule has 1 aromatic rings. The molecule has 2 nitrogen and oxygen atoms in total. The Labute approximate surface area is 123 Å². The lowest BCUT2D eigenvalue weighted by molar-refractivity contribution is 0.200. The van der Waals surface area contributed by atoms with Crippen LogP contribution in [0.25, 0.3) is 0 Å². The molecule has 0 spiro atoms. The first kappa shape index (κ1) is 17.2. The topological polar surface area (TPSA) is 17.8 Å². The number of unbranched alkanes of at least 4 members (excludes halogenated alkanes) is 5. The molecule has 0 aliphatic rings. The van der Waals surface area contributed by atoms with Crippen molar-refractivity contribution in [2.45, 2.75) is 91.0 Å². The highest BCUT2D eigenvalue weighted by atomic mass is 19.1. The van der Waals surface area contributed by atoms with E-state index in [0.29, 0.717) is 5.56 Å². The Morgan fingerprint density at radius 3 is 2.20 bits per heavy atom. The summed E-state index contributed by atoms with van der Waals surface area (Å²) < 4.78 is 15.9. The standard InChI is InChI=1S/C17H31FN2/c1-5-7-9-10-11-13-17(4,12-8-6-2)20-16(18)15(3)14-19-20/h14H,5-13H2,1-4H3.